The average Bonchev–Trinajstić information content (AvgIpc) is 3.15. The van der Waals surface area contributed by atoms with Crippen LogP contribution in [0.2, 0.25) is 0 Å². The van der Waals surface area contributed by atoms with Crippen molar-refractivity contribution in [3.8, 4) is 6.07 Å². The summed E-state index contributed by atoms with van der Waals surface area (Å²) in [5.74, 6) is -4.89. The average molecular weight is 384 g/mol. The largest absolute Gasteiger partial charge is 0.358 e. The molecular weight excluding hydrogens is 362 g/mol. The van der Waals surface area contributed by atoms with Gasteiger partial charge in [0.2, 0.25) is 5.91 Å². The number of carbonyl (C=O) groups is 1. The van der Waals surface area contributed by atoms with Gasteiger partial charge in [-0.25, -0.2) is 8.78 Å². The molecular formula is C21H22F2N4O. The summed E-state index contributed by atoms with van der Waals surface area (Å²) in [4.78, 5) is 16.2. The molecule has 1 aliphatic rings. The Morgan fingerprint density at radius 1 is 1.32 bits per heavy atom. The van der Waals surface area contributed by atoms with Gasteiger partial charge in [0, 0.05) is 12.7 Å². The third-order valence-electron chi connectivity index (χ3n) is 5.61. The van der Waals surface area contributed by atoms with E-state index in [4.69, 9.17) is 0 Å². The van der Waals surface area contributed by atoms with Crippen LogP contribution in [0, 0.1) is 23.7 Å². The minimum Gasteiger partial charge on any atom is -0.358 e. The minimum absolute atomic E-state index is 0.414. The number of nitrogens with one attached hydrogen (secondary N) is 2. The molecule has 0 saturated heterocycles. The van der Waals surface area contributed by atoms with Crippen LogP contribution >= 0.6 is 0 Å². The molecule has 1 aromatic carbocycles. The van der Waals surface area contributed by atoms with Crippen molar-refractivity contribution in [3.05, 3.63) is 52.8 Å². The van der Waals surface area contributed by atoms with E-state index in [1.165, 1.54) is 14.0 Å². The van der Waals surface area contributed by atoms with Gasteiger partial charge in [0.25, 0.3) is 5.92 Å². The van der Waals surface area contributed by atoms with Crippen molar-refractivity contribution in [2.24, 2.45) is 5.41 Å². The first-order valence-corrected chi connectivity index (χ1v) is 9.07. The number of hydrogen-bond acceptors (Lipinski definition) is 4. The molecule has 1 aliphatic carbocycles. The second kappa shape index (κ2) is 6.86. The Labute approximate surface area is 162 Å². The maximum absolute atomic E-state index is 14.3. The first kappa shape index (κ1) is 19.7. The summed E-state index contributed by atoms with van der Waals surface area (Å²) >= 11 is 0. The monoisotopic (exact) mass is 384 g/mol. The highest BCUT2D eigenvalue weighted by molar-refractivity contribution is 5.89. The van der Waals surface area contributed by atoms with Crippen molar-refractivity contribution < 1.29 is 13.6 Å². The van der Waals surface area contributed by atoms with E-state index >= 15 is 0 Å². The smallest absolute Gasteiger partial charge is 0.270 e. The highest BCUT2D eigenvalue weighted by Crippen LogP contribution is 2.71. The van der Waals surface area contributed by atoms with Gasteiger partial charge in [-0.3, -0.25) is 9.78 Å². The Bertz CT molecular complexity index is 966. The normalized spacial score (nSPS) is 22.2. The van der Waals surface area contributed by atoms with Crippen molar-refractivity contribution >= 4 is 17.3 Å². The molecule has 2 unspecified atom stereocenters. The summed E-state index contributed by atoms with van der Waals surface area (Å²) in [6.45, 7) is 5.03. The lowest BCUT2D eigenvalue weighted by atomic mass is 10.00. The van der Waals surface area contributed by atoms with Gasteiger partial charge in [-0.15, -0.1) is 0 Å². The summed E-state index contributed by atoms with van der Waals surface area (Å²) in [6.07, 6.45) is 2.33. The molecule has 1 amide bonds. The standard InChI is InChI=1S/C21H22F2N4O/c1-5-15-16(10-24)12(2)26-11-17(15)27-14-8-6-13(7-9-14)18-20(3,19(28)25-4)21(18,22)23/h6-9,11,18,27H,5H2,1-4H3,(H,25,28). The maximum atomic E-state index is 14.3. The molecule has 1 saturated carbocycles. The predicted molar refractivity (Wildman–Crippen MR) is 103 cm³/mol. The van der Waals surface area contributed by atoms with Gasteiger partial charge in [-0.2, -0.15) is 5.26 Å². The lowest BCUT2D eigenvalue weighted by Gasteiger charge is -2.14. The molecule has 0 aliphatic heterocycles. The van der Waals surface area contributed by atoms with Gasteiger partial charge in [-0.05, 0) is 43.5 Å². The van der Waals surface area contributed by atoms with Crippen LogP contribution in [0.25, 0.3) is 0 Å². The second-order valence-electron chi connectivity index (χ2n) is 7.16. The fourth-order valence-corrected chi connectivity index (χ4v) is 3.81. The molecule has 2 atom stereocenters. The highest BCUT2D eigenvalue weighted by atomic mass is 19.3. The summed E-state index contributed by atoms with van der Waals surface area (Å²) < 4.78 is 28.6. The Kier molecular flexibility index (Phi) is 4.84. The topological polar surface area (TPSA) is 77.8 Å². The number of anilines is 2. The van der Waals surface area contributed by atoms with Crippen molar-refractivity contribution in [1.29, 1.82) is 5.26 Å². The van der Waals surface area contributed by atoms with Gasteiger partial charge >= 0.3 is 0 Å². The van der Waals surface area contributed by atoms with E-state index in [0.717, 1.165) is 5.56 Å². The molecule has 7 heteroatoms. The van der Waals surface area contributed by atoms with Crippen LogP contribution in [0.5, 0.6) is 0 Å². The van der Waals surface area contributed by atoms with Crippen LogP contribution in [0.4, 0.5) is 20.2 Å². The third-order valence-corrected chi connectivity index (χ3v) is 5.61. The van der Waals surface area contributed by atoms with Crippen LogP contribution in [0.15, 0.2) is 30.5 Å². The van der Waals surface area contributed by atoms with Gasteiger partial charge in [0.05, 0.1) is 29.1 Å². The van der Waals surface area contributed by atoms with Gasteiger partial charge in [0.1, 0.15) is 11.5 Å². The van der Waals surface area contributed by atoms with E-state index in [1.54, 1.807) is 37.4 Å². The van der Waals surface area contributed by atoms with Gasteiger partial charge in [0.15, 0.2) is 0 Å². The number of aryl methyl sites for hydroxylation is 1. The number of alkyl halides is 2. The van der Waals surface area contributed by atoms with Gasteiger partial charge < -0.3 is 10.6 Å². The molecule has 0 radical (unpaired) electrons. The van der Waals surface area contributed by atoms with E-state index in [2.05, 4.69) is 21.7 Å². The number of nitriles is 1. The van der Waals surface area contributed by atoms with Crippen molar-refractivity contribution in [2.45, 2.75) is 39.0 Å². The molecule has 28 heavy (non-hydrogen) atoms. The predicted octanol–water partition coefficient (Wildman–Crippen LogP) is 4.05. The second-order valence-corrected chi connectivity index (χ2v) is 7.16. The molecule has 2 N–H and O–H groups in total. The molecule has 1 aromatic heterocycles. The number of aromatic nitrogens is 1. The first-order chi connectivity index (χ1) is 13.2. The Balaban J connectivity index is 1.86. The summed E-state index contributed by atoms with van der Waals surface area (Å²) in [7, 11) is 1.36. The van der Waals surface area contributed by atoms with Crippen LogP contribution in [0.1, 0.15) is 42.1 Å². The fraction of sp³-hybridized carbons (Fsp3) is 0.381. The Morgan fingerprint density at radius 3 is 2.50 bits per heavy atom. The minimum atomic E-state index is -3.08. The molecule has 146 valence electrons. The molecule has 3 rings (SSSR count). The number of carbonyl (C=O) groups excluding carboxylic acids is 1. The van der Waals surface area contributed by atoms with Crippen molar-refractivity contribution in [3.63, 3.8) is 0 Å². The van der Waals surface area contributed by atoms with E-state index in [9.17, 15) is 18.8 Å². The molecule has 2 aromatic rings. The van der Waals surface area contributed by atoms with Crippen LogP contribution in [-0.2, 0) is 11.2 Å². The zero-order chi connectivity index (χ0) is 20.7. The molecule has 0 spiro atoms. The van der Waals surface area contributed by atoms with Crippen LogP contribution < -0.4 is 10.6 Å². The Morgan fingerprint density at radius 2 is 1.96 bits per heavy atom. The molecule has 0 bridgehead atoms. The molecule has 1 heterocycles. The maximum Gasteiger partial charge on any atom is 0.270 e. The van der Waals surface area contributed by atoms with E-state index in [0.29, 0.717) is 34.6 Å². The SMILES string of the molecule is CCc1c(Nc2ccc(C3C(F)(F)C3(C)C(=O)NC)cc2)cnc(C)c1C#N. The number of halogens is 2. The summed E-state index contributed by atoms with van der Waals surface area (Å²) in [6, 6.07) is 8.78. The first-order valence-electron chi connectivity index (χ1n) is 9.07. The summed E-state index contributed by atoms with van der Waals surface area (Å²) in [5, 5.41) is 14.9. The number of benzene rings is 1. The summed E-state index contributed by atoms with van der Waals surface area (Å²) in [5.41, 5.74) is 2.17. The lowest BCUT2D eigenvalue weighted by Crippen LogP contribution is -2.31. The van der Waals surface area contributed by atoms with Crippen LogP contribution in [0.3, 0.4) is 0 Å². The Hall–Kier alpha value is -3.01. The van der Waals surface area contributed by atoms with Gasteiger partial charge in [-0.1, -0.05) is 19.1 Å². The number of pyridine rings is 1. The van der Waals surface area contributed by atoms with Crippen molar-refractivity contribution in [2.75, 3.05) is 12.4 Å². The van der Waals surface area contributed by atoms with E-state index < -0.39 is 23.2 Å². The number of nitrogens with zero attached hydrogens (tertiary/aromatic N) is 2. The zero-order valence-corrected chi connectivity index (χ0v) is 16.2. The third kappa shape index (κ3) is 2.80. The lowest BCUT2D eigenvalue weighted by molar-refractivity contribution is -0.128. The van der Waals surface area contributed by atoms with E-state index in [-0.39, 0.29) is 0 Å². The molecule has 1 fully saturated rings. The zero-order valence-electron chi connectivity index (χ0n) is 16.2. The van der Waals surface area contributed by atoms with E-state index in [1.807, 2.05) is 6.92 Å². The van der Waals surface area contributed by atoms with Crippen molar-refractivity contribution in [1.82, 2.24) is 10.3 Å². The fourth-order valence-electron chi connectivity index (χ4n) is 3.81. The quantitative estimate of drug-likeness (QED) is 0.815. The highest BCUT2D eigenvalue weighted by Gasteiger charge is 2.82. The number of rotatable bonds is 5. The number of amides is 1. The molecule has 5 nitrogen and oxygen atoms in total. The van der Waals surface area contributed by atoms with Crippen LogP contribution in [-0.4, -0.2) is 23.9 Å². The number of hydrogen-bond donors (Lipinski definition) is 2.